The Hall–Kier alpha value is -2.03. The number of para-hydroxylation sites is 1. The van der Waals surface area contributed by atoms with E-state index in [9.17, 15) is 9.90 Å². The summed E-state index contributed by atoms with van der Waals surface area (Å²) in [5, 5.41) is 11.9. The van der Waals surface area contributed by atoms with Crippen molar-refractivity contribution in [3.05, 3.63) is 52.8 Å². The maximum Gasteiger partial charge on any atom is 0.0518 e. The fraction of sp³-hybridized carbons (Fsp3) is 0.421. The van der Waals surface area contributed by atoms with Crippen LogP contribution in [0.3, 0.4) is 0 Å². The molecule has 3 nitrogen and oxygen atoms in total. The SMILES string of the molecule is Cc1c2c(c(C)n1-c1ccccc1)C(C)(C(=O)[O-])CC2(C)C. The van der Waals surface area contributed by atoms with Crippen LogP contribution in [-0.2, 0) is 15.6 Å². The number of carbonyl (C=O) groups excluding carboxylic acids is 1. The summed E-state index contributed by atoms with van der Waals surface area (Å²) in [6.07, 6.45) is 0.588. The van der Waals surface area contributed by atoms with Crippen LogP contribution < -0.4 is 5.11 Å². The minimum absolute atomic E-state index is 0.168. The van der Waals surface area contributed by atoms with Gasteiger partial charge in [-0.2, -0.15) is 0 Å². The number of fused-ring (bicyclic) bond motifs is 1. The number of hydrogen-bond acceptors (Lipinski definition) is 2. The van der Waals surface area contributed by atoms with E-state index in [1.54, 1.807) is 6.92 Å². The van der Waals surface area contributed by atoms with E-state index < -0.39 is 11.4 Å². The largest absolute Gasteiger partial charge is 0.549 e. The smallest absolute Gasteiger partial charge is 0.0518 e. The standard InChI is InChI=1S/C19H23NO2/c1-12-15-16(19(5,17(21)22)11-18(15,3)4)13(2)20(12)14-9-7-6-8-10-14/h6-10H,11H2,1-5H3,(H,21,22)/p-1. The van der Waals surface area contributed by atoms with Crippen molar-refractivity contribution in [2.75, 3.05) is 0 Å². The molecular weight excluding hydrogens is 274 g/mol. The van der Waals surface area contributed by atoms with E-state index in [0.717, 1.165) is 22.6 Å². The molecule has 0 spiro atoms. The molecule has 1 atom stereocenters. The van der Waals surface area contributed by atoms with Crippen molar-refractivity contribution in [1.29, 1.82) is 0 Å². The molecule has 0 saturated carbocycles. The minimum Gasteiger partial charge on any atom is -0.549 e. The molecule has 1 unspecified atom stereocenters. The first-order valence-electron chi connectivity index (χ1n) is 7.70. The van der Waals surface area contributed by atoms with Crippen molar-refractivity contribution in [3.63, 3.8) is 0 Å². The Balaban J connectivity index is 2.36. The molecule has 0 fully saturated rings. The topological polar surface area (TPSA) is 45.1 Å². The van der Waals surface area contributed by atoms with Crippen LogP contribution in [0.25, 0.3) is 5.69 Å². The van der Waals surface area contributed by atoms with Crippen molar-refractivity contribution >= 4 is 5.97 Å². The number of benzene rings is 1. The van der Waals surface area contributed by atoms with E-state index in [4.69, 9.17) is 0 Å². The molecule has 22 heavy (non-hydrogen) atoms. The van der Waals surface area contributed by atoms with Crippen molar-refractivity contribution in [2.24, 2.45) is 0 Å². The van der Waals surface area contributed by atoms with Crippen LogP contribution in [0.1, 0.15) is 49.7 Å². The van der Waals surface area contributed by atoms with Gasteiger partial charge in [-0.25, -0.2) is 0 Å². The summed E-state index contributed by atoms with van der Waals surface area (Å²) in [5.74, 6) is -0.979. The van der Waals surface area contributed by atoms with Gasteiger partial charge in [-0.1, -0.05) is 39.0 Å². The Kier molecular flexibility index (Phi) is 3.03. The molecule has 2 aromatic rings. The Bertz CT molecular complexity index is 755. The van der Waals surface area contributed by atoms with Gasteiger partial charge in [0, 0.05) is 22.5 Å². The number of aliphatic carboxylic acids is 1. The lowest BCUT2D eigenvalue weighted by Crippen LogP contribution is -2.43. The number of hydrogen-bond donors (Lipinski definition) is 0. The fourth-order valence-corrected chi connectivity index (χ4v) is 4.54. The van der Waals surface area contributed by atoms with Crippen LogP contribution in [0.15, 0.2) is 30.3 Å². The zero-order chi connectivity index (χ0) is 16.3. The van der Waals surface area contributed by atoms with Gasteiger partial charge >= 0.3 is 0 Å². The van der Waals surface area contributed by atoms with E-state index in [2.05, 4.69) is 37.5 Å². The van der Waals surface area contributed by atoms with E-state index in [1.807, 2.05) is 25.1 Å². The normalized spacial score (nSPS) is 22.6. The number of aromatic nitrogens is 1. The Labute approximate surface area is 131 Å². The van der Waals surface area contributed by atoms with Crippen LogP contribution in [-0.4, -0.2) is 10.5 Å². The molecule has 1 aromatic carbocycles. The zero-order valence-corrected chi connectivity index (χ0v) is 13.9. The van der Waals surface area contributed by atoms with Crippen molar-refractivity contribution < 1.29 is 9.90 Å². The Morgan fingerprint density at radius 1 is 1.05 bits per heavy atom. The van der Waals surface area contributed by atoms with Gasteiger partial charge in [-0.3, -0.25) is 0 Å². The number of carbonyl (C=O) groups is 1. The molecule has 0 radical (unpaired) electrons. The quantitative estimate of drug-likeness (QED) is 0.855. The summed E-state index contributed by atoms with van der Waals surface area (Å²) in [4.78, 5) is 11.9. The summed E-state index contributed by atoms with van der Waals surface area (Å²) >= 11 is 0. The van der Waals surface area contributed by atoms with Gasteiger partial charge in [-0.05, 0) is 48.9 Å². The first kappa shape index (κ1) is 14.9. The third-order valence-corrected chi connectivity index (χ3v) is 5.13. The molecule has 0 N–H and O–H groups in total. The lowest BCUT2D eigenvalue weighted by Gasteiger charge is -2.30. The molecule has 116 valence electrons. The lowest BCUT2D eigenvalue weighted by atomic mass is 9.79. The Morgan fingerprint density at radius 2 is 1.59 bits per heavy atom. The lowest BCUT2D eigenvalue weighted by molar-refractivity contribution is -0.313. The van der Waals surface area contributed by atoms with Crippen LogP contribution in [0.2, 0.25) is 0 Å². The first-order chi connectivity index (χ1) is 10.2. The first-order valence-corrected chi connectivity index (χ1v) is 7.70. The minimum atomic E-state index is -0.979. The second kappa shape index (κ2) is 4.48. The van der Waals surface area contributed by atoms with Crippen molar-refractivity contribution in [3.8, 4) is 5.69 Å². The van der Waals surface area contributed by atoms with Crippen LogP contribution in [0, 0.1) is 13.8 Å². The number of carboxylic acids is 1. The van der Waals surface area contributed by atoms with E-state index in [1.165, 1.54) is 5.56 Å². The van der Waals surface area contributed by atoms with Gasteiger partial charge < -0.3 is 14.5 Å². The van der Waals surface area contributed by atoms with Gasteiger partial charge in [-0.15, -0.1) is 0 Å². The predicted molar refractivity (Wildman–Crippen MR) is 85.2 cm³/mol. The highest BCUT2D eigenvalue weighted by molar-refractivity contribution is 5.83. The van der Waals surface area contributed by atoms with Gasteiger partial charge in [0.2, 0.25) is 0 Å². The third-order valence-electron chi connectivity index (χ3n) is 5.13. The van der Waals surface area contributed by atoms with Crippen LogP contribution in [0.5, 0.6) is 0 Å². The molecule has 1 aliphatic carbocycles. The third kappa shape index (κ3) is 1.78. The van der Waals surface area contributed by atoms with Crippen molar-refractivity contribution in [1.82, 2.24) is 4.57 Å². The van der Waals surface area contributed by atoms with E-state index in [-0.39, 0.29) is 5.41 Å². The Morgan fingerprint density at radius 3 is 2.14 bits per heavy atom. The molecule has 1 heterocycles. The number of rotatable bonds is 2. The van der Waals surface area contributed by atoms with Gasteiger partial charge in [0.25, 0.3) is 0 Å². The molecule has 0 amide bonds. The zero-order valence-electron chi connectivity index (χ0n) is 13.9. The molecule has 1 aromatic heterocycles. The summed E-state index contributed by atoms with van der Waals surface area (Å²) < 4.78 is 2.17. The van der Waals surface area contributed by atoms with E-state index in [0.29, 0.717) is 6.42 Å². The fourth-order valence-electron chi connectivity index (χ4n) is 4.54. The molecule has 0 saturated heterocycles. The number of carboxylic acid groups (broad SMARTS) is 1. The maximum atomic E-state index is 11.9. The van der Waals surface area contributed by atoms with Crippen molar-refractivity contribution in [2.45, 2.75) is 51.9 Å². The second-order valence-electron chi connectivity index (χ2n) is 7.27. The second-order valence-corrected chi connectivity index (χ2v) is 7.27. The molecule has 3 rings (SSSR count). The summed E-state index contributed by atoms with van der Waals surface area (Å²) in [5.41, 5.74) is 4.24. The molecule has 0 aliphatic heterocycles. The highest BCUT2D eigenvalue weighted by atomic mass is 16.4. The summed E-state index contributed by atoms with van der Waals surface area (Å²) in [6.45, 7) is 10.2. The summed E-state index contributed by atoms with van der Waals surface area (Å²) in [7, 11) is 0. The molecule has 3 heteroatoms. The monoisotopic (exact) mass is 296 g/mol. The van der Waals surface area contributed by atoms with Crippen LogP contribution >= 0.6 is 0 Å². The maximum absolute atomic E-state index is 11.9. The molecular formula is C19H22NO2-. The molecule has 1 aliphatic rings. The highest BCUT2D eigenvalue weighted by Crippen LogP contribution is 2.53. The average molecular weight is 296 g/mol. The summed E-state index contributed by atoms with van der Waals surface area (Å²) in [6, 6.07) is 10.1. The molecule has 0 bridgehead atoms. The predicted octanol–water partition coefficient (Wildman–Crippen LogP) is 2.78. The van der Waals surface area contributed by atoms with Gasteiger partial charge in [0.05, 0.1) is 5.97 Å². The number of nitrogens with zero attached hydrogens (tertiary/aromatic N) is 1. The average Bonchev–Trinajstić information content (AvgIpc) is 2.83. The van der Waals surface area contributed by atoms with E-state index >= 15 is 0 Å². The van der Waals surface area contributed by atoms with Crippen LogP contribution in [0.4, 0.5) is 0 Å². The van der Waals surface area contributed by atoms with Gasteiger partial charge in [0.1, 0.15) is 0 Å². The van der Waals surface area contributed by atoms with Gasteiger partial charge in [0.15, 0.2) is 0 Å². The highest BCUT2D eigenvalue weighted by Gasteiger charge is 2.49.